The number of nitrogens with zero attached hydrogens (tertiary/aromatic N) is 4. The summed E-state index contributed by atoms with van der Waals surface area (Å²) in [6, 6.07) is 0. The molecule has 7 heteroatoms. The zero-order chi connectivity index (χ0) is 13.6. The second kappa shape index (κ2) is 4.61. The maximum Gasteiger partial charge on any atom is 0.295 e. The lowest BCUT2D eigenvalue weighted by Crippen LogP contribution is -2.72. The molecule has 1 spiro atoms. The van der Waals surface area contributed by atoms with Crippen molar-refractivity contribution in [3.63, 3.8) is 0 Å². The van der Waals surface area contributed by atoms with Crippen LogP contribution in [0.3, 0.4) is 0 Å². The number of ether oxygens (including phenoxy) is 1. The van der Waals surface area contributed by atoms with E-state index in [0.717, 1.165) is 43.3 Å². The second-order valence-corrected chi connectivity index (χ2v) is 5.88. The third kappa shape index (κ3) is 1.88. The molecule has 4 saturated heterocycles. The lowest BCUT2D eigenvalue weighted by Gasteiger charge is -2.54. The van der Waals surface area contributed by atoms with E-state index in [9.17, 15) is 4.39 Å². The van der Waals surface area contributed by atoms with Crippen LogP contribution in [0.4, 0.5) is 10.3 Å². The minimum absolute atomic E-state index is 0.149. The third-order valence-corrected chi connectivity index (χ3v) is 4.79. The molecular formula is C13H19FN5O+. The van der Waals surface area contributed by atoms with Crippen molar-refractivity contribution in [3.8, 4) is 0 Å². The summed E-state index contributed by atoms with van der Waals surface area (Å²) in [5.74, 6) is 0.797. The quantitative estimate of drug-likeness (QED) is 0.812. The third-order valence-electron chi connectivity index (χ3n) is 4.79. The van der Waals surface area contributed by atoms with Crippen molar-refractivity contribution in [3.05, 3.63) is 18.2 Å². The number of nitrogens with one attached hydrogen (secondary N) is 1. The van der Waals surface area contributed by atoms with Gasteiger partial charge in [-0.1, -0.05) is 0 Å². The van der Waals surface area contributed by atoms with Crippen LogP contribution in [-0.2, 0) is 4.74 Å². The Hall–Kier alpha value is -1.31. The molecule has 0 saturated carbocycles. The Bertz CT molecular complexity index is 490. The van der Waals surface area contributed by atoms with Gasteiger partial charge in [0.1, 0.15) is 19.7 Å². The van der Waals surface area contributed by atoms with Crippen LogP contribution >= 0.6 is 0 Å². The molecule has 1 aromatic heterocycles. The zero-order valence-electron chi connectivity index (χ0n) is 11.3. The van der Waals surface area contributed by atoms with Gasteiger partial charge in [0, 0.05) is 19.0 Å². The maximum absolute atomic E-state index is 12.9. The van der Waals surface area contributed by atoms with Crippen molar-refractivity contribution in [1.29, 1.82) is 0 Å². The standard InChI is InChI=1S/C13H19FN5O/c14-11-7-15-12(16-8-11)17-13-19(5-6-20-13)9-10-1-3-18(19)4-2-10/h7-8,10,13H,1-6,9H2,(H,15,16,17)/q+1/t13-,19+/m0/s1. The van der Waals surface area contributed by atoms with Crippen LogP contribution in [0.5, 0.6) is 0 Å². The summed E-state index contributed by atoms with van der Waals surface area (Å²) in [5, 5.41) is 5.74. The van der Waals surface area contributed by atoms with Gasteiger partial charge < -0.3 is 4.74 Å². The van der Waals surface area contributed by atoms with Crippen LogP contribution < -0.4 is 5.32 Å². The first-order valence-corrected chi connectivity index (χ1v) is 7.24. The highest BCUT2D eigenvalue weighted by molar-refractivity contribution is 5.22. The fourth-order valence-electron chi connectivity index (χ4n) is 3.78. The summed E-state index contributed by atoms with van der Waals surface area (Å²) < 4.78 is 19.6. The molecule has 1 aromatic rings. The van der Waals surface area contributed by atoms with E-state index in [1.165, 1.54) is 25.2 Å². The normalized spacial score (nSPS) is 39.4. The van der Waals surface area contributed by atoms with Gasteiger partial charge in [0.05, 0.1) is 12.4 Å². The molecule has 5 heterocycles. The Morgan fingerprint density at radius 2 is 2.05 bits per heavy atom. The summed E-state index contributed by atoms with van der Waals surface area (Å²) >= 11 is 0. The van der Waals surface area contributed by atoms with Gasteiger partial charge in [-0.2, -0.15) is 9.60 Å². The Morgan fingerprint density at radius 1 is 1.30 bits per heavy atom. The van der Waals surface area contributed by atoms with Crippen molar-refractivity contribution in [2.24, 2.45) is 5.92 Å². The van der Waals surface area contributed by atoms with Crippen LogP contribution in [-0.4, -0.2) is 58.7 Å². The topological polar surface area (TPSA) is 50.3 Å². The van der Waals surface area contributed by atoms with Gasteiger partial charge in [-0.3, -0.25) is 5.32 Å². The van der Waals surface area contributed by atoms with Crippen LogP contribution in [0, 0.1) is 11.7 Å². The number of anilines is 1. The lowest BCUT2D eigenvalue weighted by atomic mass is 9.93. The van der Waals surface area contributed by atoms with Gasteiger partial charge in [-0.05, 0) is 12.8 Å². The van der Waals surface area contributed by atoms with E-state index >= 15 is 0 Å². The van der Waals surface area contributed by atoms with Crippen LogP contribution in [0.1, 0.15) is 12.8 Å². The molecule has 0 radical (unpaired) electrons. The Morgan fingerprint density at radius 3 is 2.70 bits per heavy atom. The summed E-state index contributed by atoms with van der Waals surface area (Å²) in [4.78, 5) is 7.95. The van der Waals surface area contributed by atoms with E-state index < -0.39 is 5.82 Å². The lowest BCUT2D eigenvalue weighted by molar-refractivity contribution is -1.06. The van der Waals surface area contributed by atoms with E-state index in [4.69, 9.17) is 4.74 Å². The highest BCUT2D eigenvalue weighted by Gasteiger charge is 2.54. The summed E-state index contributed by atoms with van der Waals surface area (Å²) in [6.45, 7) is 5.13. The molecule has 1 N–H and O–H groups in total. The second-order valence-electron chi connectivity index (χ2n) is 5.88. The number of halogens is 1. The highest BCUT2D eigenvalue weighted by atomic mass is 19.1. The number of fused-ring (bicyclic) bond motifs is 2. The highest BCUT2D eigenvalue weighted by Crippen LogP contribution is 2.37. The number of piperidine rings is 1. The Balaban J connectivity index is 1.56. The van der Waals surface area contributed by atoms with Crippen LogP contribution in [0.25, 0.3) is 0 Å². The average Bonchev–Trinajstić information content (AvgIpc) is 2.85. The van der Waals surface area contributed by atoms with E-state index in [-0.39, 0.29) is 6.35 Å². The van der Waals surface area contributed by atoms with Gasteiger partial charge in [0.15, 0.2) is 5.82 Å². The predicted molar refractivity (Wildman–Crippen MR) is 69.6 cm³/mol. The van der Waals surface area contributed by atoms with E-state index in [2.05, 4.69) is 20.3 Å². The van der Waals surface area contributed by atoms with Crippen molar-refractivity contribution in [2.45, 2.75) is 19.2 Å². The minimum atomic E-state index is -0.424. The number of rotatable bonds is 2. The minimum Gasteiger partial charge on any atom is -0.304 e. The number of hydrogen-bond acceptors (Lipinski definition) is 5. The smallest absolute Gasteiger partial charge is 0.295 e. The van der Waals surface area contributed by atoms with Gasteiger partial charge in [0.25, 0.3) is 6.35 Å². The van der Waals surface area contributed by atoms with E-state index in [0.29, 0.717) is 5.95 Å². The fraction of sp³-hybridized carbons (Fsp3) is 0.692. The van der Waals surface area contributed by atoms with Crippen LogP contribution in [0.15, 0.2) is 12.4 Å². The van der Waals surface area contributed by atoms with Crippen molar-refractivity contribution >= 4 is 5.95 Å². The van der Waals surface area contributed by atoms with Gasteiger partial charge >= 0.3 is 0 Å². The average molecular weight is 280 g/mol. The zero-order valence-corrected chi connectivity index (χ0v) is 11.3. The summed E-state index contributed by atoms with van der Waals surface area (Å²) in [7, 11) is 0. The molecule has 6 nitrogen and oxygen atoms in total. The molecule has 4 aliphatic rings. The fourth-order valence-corrected chi connectivity index (χ4v) is 3.78. The first kappa shape index (κ1) is 12.4. The molecule has 0 aliphatic carbocycles. The largest absolute Gasteiger partial charge is 0.304 e. The molecule has 2 atom stereocenters. The maximum atomic E-state index is 12.9. The summed E-state index contributed by atoms with van der Waals surface area (Å²) in [5.41, 5.74) is 0. The number of quaternary nitrogens is 1. The first-order valence-electron chi connectivity index (χ1n) is 7.24. The Kier molecular flexibility index (Phi) is 2.87. The SMILES string of the molecule is Fc1cnc(N[C@@H]2OCC[N@@+]23CC2CCN3CC2)nc1. The molecule has 108 valence electrons. The summed E-state index contributed by atoms with van der Waals surface area (Å²) in [6.07, 6.45) is 4.79. The molecule has 5 rings (SSSR count). The molecule has 0 amide bonds. The molecule has 2 bridgehead atoms. The molecule has 20 heavy (non-hydrogen) atoms. The molecule has 4 fully saturated rings. The van der Waals surface area contributed by atoms with Crippen LogP contribution in [0.2, 0.25) is 0 Å². The Labute approximate surface area is 117 Å². The van der Waals surface area contributed by atoms with Gasteiger partial charge in [-0.25, -0.2) is 14.4 Å². The van der Waals surface area contributed by atoms with Gasteiger partial charge in [-0.15, -0.1) is 0 Å². The van der Waals surface area contributed by atoms with E-state index in [1.54, 1.807) is 0 Å². The van der Waals surface area contributed by atoms with Crippen molar-refractivity contribution in [2.75, 3.05) is 38.1 Å². The number of aromatic nitrogens is 2. The predicted octanol–water partition coefficient (Wildman–Crippen LogP) is 0.799. The van der Waals surface area contributed by atoms with Crippen molar-refractivity contribution < 1.29 is 13.7 Å². The van der Waals surface area contributed by atoms with Gasteiger partial charge in [0.2, 0.25) is 5.95 Å². The molecule has 0 unspecified atom stereocenters. The molecule has 0 aromatic carbocycles. The molecular weight excluding hydrogens is 261 g/mol. The monoisotopic (exact) mass is 280 g/mol. The molecule has 4 aliphatic heterocycles. The van der Waals surface area contributed by atoms with Crippen molar-refractivity contribution in [1.82, 2.24) is 15.0 Å². The number of hydrogen-bond donors (Lipinski definition) is 1. The van der Waals surface area contributed by atoms with E-state index in [1.807, 2.05) is 0 Å². The first-order chi connectivity index (χ1) is 9.76.